The molecule has 0 aliphatic rings. The Labute approximate surface area is 130 Å². The molecule has 4 heteroatoms. The summed E-state index contributed by atoms with van der Waals surface area (Å²) >= 11 is 0. The Bertz CT molecular complexity index is 774. The van der Waals surface area contributed by atoms with Crippen LogP contribution in [0, 0.1) is 0 Å². The third kappa shape index (κ3) is 2.86. The van der Waals surface area contributed by atoms with Gasteiger partial charge in [0.2, 0.25) is 5.95 Å². The van der Waals surface area contributed by atoms with E-state index in [-0.39, 0.29) is 12.0 Å². The van der Waals surface area contributed by atoms with Crippen LogP contribution in [0.3, 0.4) is 0 Å². The van der Waals surface area contributed by atoms with Crippen LogP contribution in [0.4, 0.5) is 5.95 Å². The second-order valence-corrected chi connectivity index (χ2v) is 5.41. The number of nitrogens with two attached hydrogens (primary N) is 1. The van der Waals surface area contributed by atoms with Crippen LogP contribution < -0.4 is 10.5 Å². The number of benzene rings is 2. The monoisotopic (exact) mass is 293 g/mol. The van der Waals surface area contributed by atoms with Gasteiger partial charge in [0.15, 0.2) is 0 Å². The molecule has 0 fully saturated rings. The average molecular weight is 293 g/mol. The average Bonchev–Trinajstić information content (AvgIpc) is 2.54. The normalized spacial score (nSPS) is 13.7. The van der Waals surface area contributed by atoms with Crippen LogP contribution in [0.1, 0.15) is 25.5 Å². The molecule has 1 heterocycles. The predicted molar refractivity (Wildman–Crippen MR) is 88.9 cm³/mol. The number of fused-ring (bicyclic) bond motifs is 1. The van der Waals surface area contributed by atoms with E-state index in [1.165, 1.54) is 0 Å². The first-order valence-corrected chi connectivity index (χ1v) is 7.39. The van der Waals surface area contributed by atoms with Crippen LogP contribution >= 0.6 is 0 Å². The molecular weight excluding hydrogens is 274 g/mol. The summed E-state index contributed by atoms with van der Waals surface area (Å²) in [5, 5.41) is 1.02. The lowest BCUT2D eigenvalue weighted by Crippen LogP contribution is -2.21. The van der Waals surface area contributed by atoms with E-state index in [1.807, 2.05) is 61.5 Å². The summed E-state index contributed by atoms with van der Waals surface area (Å²) in [6.45, 7) is 4.15. The highest BCUT2D eigenvalue weighted by Crippen LogP contribution is 2.28. The van der Waals surface area contributed by atoms with E-state index < -0.39 is 0 Å². The first-order valence-electron chi connectivity index (χ1n) is 7.39. The van der Waals surface area contributed by atoms with Gasteiger partial charge in [-0.15, -0.1) is 0 Å². The van der Waals surface area contributed by atoms with Crippen molar-refractivity contribution in [1.82, 2.24) is 9.97 Å². The Morgan fingerprint density at radius 3 is 2.36 bits per heavy atom. The van der Waals surface area contributed by atoms with Crippen molar-refractivity contribution in [3.05, 3.63) is 60.3 Å². The lowest BCUT2D eigenvalue weighted by atomic mass is 9.98. The molecule has 2 N–H and O–H groups in total. The molecular formula is C18H19N3O. The van der Waals surface area contributed by atoms with Gasteiger partial charge in [0, 0.05) is 11.3 Å². The minimum absolute atomic E-state index is 0.0277. The molecule has 0 amide bonds. The van der Waals surface area contributed by atoms with Gasteiger partial charge in [0.05, 0.1) is 11.2 Å². The third-order valence-electron chi connectivity index (χ3n) is 3.85. The fraction of sp³-hybridized carbons (Fsp3) is 0.222. The van der Waals surface area contributed by atoms with E-state index in [9.17, 15) is 0 Å². The van der Waals surface area contributed by atoms with E-state index in [0.717, 1.165) is 22.3 Å². The minimum Gasteiger partial charge on any atom is -0.490 e. The van der Waals surface area contributed by atoms with Crippen LogP contribution in [-0.4, -0.2) is 16.1 Å². The molecule has 0 saturated carbocycles. The zero-order valence-corrected chi connectivity index (χ0v) is 12.7. The van der Waals surface area contributed by atoms with Gasteiger partial charge in [0.1, 0.15) is 11.9 Å². The van der Waals surface area contributed by atoms with E-state index in [4.69, 9.17) is 10.5 Å². The van der Waals surface area contributed by atoms with Crippen LogP contribution in [-0.2, 0) is 0 Å². The molecule has 0 bridgehead atoms. The molecule has 0 saturated heterocycles. The summed E-state index contributed by atoms with van der Waals surface area (Å²) in [4.78, 5) is 8.74. The zero-order valence-electron chi connectivity index (χ0n) is 12.7. The van der Waals surface area contributed by atoms with Crippen molar-refractivity contribution in [2.45, 2.75) is 25.9 Å². The topological polar surface area (TPSA) is 61.0 Å². The second-order valence-electron chi connectivity index (χ2n) is 5.41. The lowest BCUT2D eigenvalue weighted by molar-refractivity contribution is 0.194. The largest absolute Gasteiger partial charge is 0.490 e. The van der Waals surface area contributed by atoms with Crippen molar-refractivity contribution in [2.24, 2.45) is 0 Å². The Hall–Kier alpha value is -2.62. The summed E-state index contributed by atoms with van der Waals surface area (Å²) in [7, 11) is 0. The highest BCUT2D eigenvalue weighted by Gasteiger charge is 2.20. The summed E-state index contributed by atoms with van der Waals surface area (Å²) in [5.41, 5.74) is 7.64. The molecule has 3 rings (SSSR count). The Morgan fingerprint density at radius 1 is 0.909 bits per heavy atom. The van der Waals surface area contributed by atoms with Crippen molar-refractivity contribution in [1.29, 1.82) is 0 Å². The van der Waals surface area contributed by atoms with Crippen molar-refractivity contribution < 1.29 is 4.74 Å². The fourth-order valence-corrected chi connectivity index (χ4v) is 2.50. The first-order chi connectivity index (χ1) is 10.6. The zero-order chi connectivity index (χ0) is 15.5. The summed E-state index contributed by atoms with van der Waals surface area (Å²) < 4.78 is 6.02. The van der Waals surface area contributed by atoms with Gasteiger partial charge in [0.25, 0.3) is 0 Å². The molecule has 0 aliphatic heterocycles. The van der Waals surface area contributed by atoms with Crippen LogP contribution in [0.5, 0.6) is 5.75 Å². The smallest absolute Gasteiger partial charge is 0.220 e. The minimum atomic E-state index is -0.0277. The highest BCUT2D eigenvalue weighted by atomic mass is 16.5. The summed E-state index contributed by atoms with van der Waals surface area (Å²) in [6.07, 6.45) is -0.0277. The number of nitrogen functional groups attached to an aromatic ring is 1. The molecule has 3 aromatic rings. The quantitative estimate of drug-likeness (QED) is 0.795. The van der Waals surface area contributed by atoms with Crippen molar-refractivity contribution in [3.63, 3.8) is 0 Å². The molecule has 0 radical (unpaired) electrons. The Kier molecular flexibility index (Phi) is 3.92. The first kappa shape index (κ1) is 14.3. The molecule has 0 aliphatic carbocycles. The summed E-state index contributed by atoms with van der Waals surface area (Å²) in [5.74, 6) is 1.25. The van der Waals surface area contributed by atoms with E-state index in [0.29, 0.717) is 5.95 Å². The van der Waals surface area contributed by atoms with Gasteiger partial charge in [-0.25, -0.2) is 9.97 Å². The standard InChI is InChI=1S/C18H19N3O/c1-12(13(2)22-14-8-4-3-5-9-14)17-15-10-6-7-11-16(15)20-18(19)21-17/h3-13H,1-2H3,(H2,19,20,21). The van der Waals surface area contributed by atoms with Gasteiger partial charge in [-0.05, 0) is 25.1 Å². The molecule has 2 atom stereocenters. The second kappa shape index (κ2) is 6.02. The Morgan fingerprint density at radius 2 is 1.59 bits per heavy atom. The number of hydrogen-bond donors (Lipinski definition) is 1. The number of hydrogen-bond acceptors (Lipinski definition) is 4. The van der Waals surface area contributed by atoms with Gasteiger partial charge in [-0.3, -0.25) is 0 Å². The highest BCUT2D eigenvalue weighted by molar-refractivity contribution is 5.82. The maximum atomic E-state index is 6.02. The van der Waals surface area contributed by atoms with Crippen molar-refractivity contribution in [2.75, 3.05) is 5.73 Å². The molecule has 2 aromatic carbocycles. The van der Waals surface area contributed by atoms with E-state index in [2.05, 4.69) is 16.9 Å². The Balaban J connectivity index is 1.93. The predicted octanol–water partition coefficient (Wildman–Crippen LogP) is 3.78. The van der Waals surface area contributed by atoms with Gasteiger partial charge in [-0.1, -0.05) is 43.3 Å². The van der Waals surface area contributed by atoms with E-state index in [1.54, 1.807) is 0 Å². The number of ether oxygens (including phenoxy) is 1. The number of anilines is 1. The molecule has 2 unspecified atom stereocenters. The van der Waals surface area contributed by atoms with Gasteiger partial charge < -0.3 is 10.5 Å². The van der Waals surface area contributed by atoms with Gasteiger partial charge in [-0.2, -0.15) is 0 Å². The van der Waals surface area contributed by atoms with Crippen LogP contribution in [0.25, 0.3) is 10.9 Å². The maximum Gasteiger partial charge on any atom is 0.220 e. The third-order valence-corrected chi connectivity index (χ3v) is 3.85. The summed E-state index contributed by atoms with van der Waals surface area (Å²) in [6, 6.07) is 17.7. The number of rotatable bonds is 4. The fourth-order valence-electron chi connectivity index (χ4n) is 2.50. The molecule has 112 valence electrons. The molecule has 4 nitrogen and oxygen atoms in total. The van der Waals surface area contributed by atoms with Crippen molar-refractivity contribution in [3.8, 4) is 5.75 Å². The molecule has 22 heavy (non-hydrogen) atoms. The molecule has 1 aromatic heterocycles. The van der Waals surface area contributed by atoms with Crippen molar-refractivity contribution >= 4 is 16.9 Å². The number of nitrogens with zero attached hydrogens (tertiary/aromatic N) is 2. The van der Waals surface area contributed by atoms with Gasteiger partial charge >= 0.3 is 0 Å². The van der Waals surface area contributed by atoms with Crippen LogP contribution in [0.15, 0.2) is 54.6 Å². The number of aromatic nitrogens is 2. The van der Waals surface area contributed by atoms with Crippen LogP contribution in [0.2, 0.25) is 0 Å². The number of para-hydroxylation sites is 2. The maximum absolute atomic E-state index is 6.02. The van der Waals surface area contributed by atoms with E-state index >= 15 is 0 Å². The lowest BCUT2D eigenvalue weighted by Gasteiger charge is -2.22. The SMILES string of the molecule is CC(Oc1ccccc1)C(C)c1nc(N)nc2ccccc12. The molecule has 0 spiro atoms.